The molecule has 0 atom stereocenters. The van der Waals surface area contributed by atoms with Crippen LogP contribution in [0.3, 0.4) is 0 Å². The Hall–Kier alpha value is -0.610. The largest absolute Gasteiger partial charge is 0.465 e. The summed E-state index contributed by atoms with van der Waals surface area (Å²) >= 11 is 8.84. The predicted molar refractivity (Wildman–Crippen MR) is 52.8 cm³/mol. The van der Waals surface area contributed by atoms with E-state index in [4.69, 9.17) is 11.6 Å². The Morgan fingerprint density at radius 3 is 2.92 bits per heavy atom. The van der Waals surface area contributed by atoms with Gasteiger partial charge in [0.25, 0.3) is 0 Å². The minimum atomic E-state index is -0.408. The maximum Gasteiger partial charge on any atom is 0.339 e. The zero-order valence-electron chi connectivity index (χ0n) is 6.88. The lowest BCUT2D eigenvalue weighted by atomic mass is 10.2. The topological polar surface area (TPSA) is 39.2 Å². The molecule has 3 nitrogen and oxygen atoms in total. The second-order valence-corrected chi connectivity index (χ2v) is 3.40. The van der Waals surface area contributed by atoms with Crippen molar-refractivity contribution >= 4 is 33.5 Å². The number of pyridine rings is 1. The normalized spacial score (nSPS) is 9.77. The van der Waals surface area contributed by atoms with E-state index in [1.807, 2.05) is 0 Å². The van der Waals surface area contributed by atoms with Gasteiger partial charge >= 0.3 is 5.97 Å². The van der Waals surface area contributed by atoms with Gasteiger partial charge in [0.2, 0.25) is 0 Å². The van der Waals surface area contributed by atoms with Crippen molar-refractivity contribution in [1.82, 2.24) is 4.98 Å². The van der Waals surface area contributed by atoms with Crippen molar-refractivity contribution in [3.63, 3.8) is 0 Å². The zero-order valence-corrected chi connectivity index (χ0v) is 9.22. The molecule has 1 aromatic heterocycles. The van der Waals surface area contributed by atoms with Crippen LogP contribution in [-0.4, -0.2) is 18.1 Å². The van der Waals surface area contributed by atoms with Gasteiger partial charge in [0.15, 0.2) is 0 Å². The molecule has 5 heteroatoms. The second-order valence-electron chi connectivity index (χ2n) is 2.28. The number of alkyl halides is 1. The van der Waals surface area contributed by atoms with Gasteiger partial charge in [-0.25, -0.2) is 4.79 Å². The number of methoxy groups -OCH3 is 1. The van der Waals surface area contributed by atoms with Crippen LogP contribution in [0.15, 0.2) is 16.7 Å². The number of hydrogen-bond acceptors (Lipinski definition) is 3. The summed E-state index contributed by atoms with van der Waals surface area (Å²) in [5.41, 5.74) is 1.11. The first-order chi connectivity index (χ1) is 6.19. The molecular formula is C8H7BrClNO2. The van der Waals surface area contributed by atoms with Crippen molar-refractivity contribution in [2.24, 2.45) is 0 Å². The van der Waals surface area contributed by atoms with Crippen molar-refractivity contribution < 1.29 is 9.53 Å². The minimum Gasteiger partial charge on any atom is -0.465 e. The lowest BCUT2D eigenvalue weighted by Crippen LogP contribution is -2.02. The van der Waals surface area contributed by atoms with Gasteiger partial charge in [-0.2, -0.15) is 0 Å². The lowest BCUT2D eigenvalue weighted by Gasteiger charge is -2.01. The third kappa shape index (κ3) is 2.42. The van der Waals surface area contributed by atoms with Gasteiger partial charge < -0.3 is 4.74 Å². The van der Waals surface area contributed by atoms with Crippen LogP contribution >= 0.6 is 27.5 Å². The van der Waals surface area contributed by atoms with E-state index in [1.54, 1.807) is 6.07 Å². The number of rotatable bonds is 2. The summed E-state index contributed by atoms with van der Waals surface area (Å²) < 4.78 is 5.25. The molecule has 0 N–H and O–H groups in total. The second kappa shape index (κ2) is 4.58. The monoisotopic (exact) mass is 263 g/mol. The van der Waals surface area contributed by atoms with Crippen LogP contribution in [0.4, 0.5) is 0 Å². The molecule has 0 aliphatic carbocycles. The van der Waals surface area contributed by atoms with Gasteiger partial charge in [-0.05, 0) is 22.0 Å². The number of carbonyl (C=O) groups is 1. The highest BCUT2D eigenvalue weighted by Gasteiger charge is 2.08. The Morgan fingerprint density at radius 2 is 2.46 bits per heavy atom. The first-order valence-electron chi connectivity index (χ1n) is 3.47. The standard InChI is InChI=1S/C8H7BrClNO2/c1-13-8(12)5-2-6(9)7(3-10)11-4-5/h2,4H,3H2,1H3. The molecule has 0 radical (unpaired) electrons. The van der Waals surface area contributed by atoms with Crippen LogP contribution < -0.4 is 0 Å². The number of nitrogens with zero attached hydrogens (tertiary/aromatic N) is 1. The molecule has 0 saturated carbocycles. The highest BCUT2D eigenvalue weighted by Crippen LogP contribution is 2.17. The summed E-state index contributed by atoms with van der Waals surface area (Å²) in [7, 11) is 1.33. The van der Waals surface area contributed by atoms with E-state index in [0.717, 1.165) is 0 Å². The Morgan fingerprint density at radius 1 is 1.77 bits per heavy atom. The number of hydrogen-bond donors (Lipinski definition) is 0. The summed E-state index contributed by atoms with van der Waals surface area (Å²) in [6.45, 7) is 0. The quantitative estimate of drug-likeness (QED) is 0.608. The molecule has 0 amide bonds. The third-order valence-corrected chi connectivity index (χ3v) is 2.40. The van der Waals surface area contributed by atoms with Crippen molar-refractivity contribution in [3.8, 4) is 0 Å². The minimum absolute atomic E-state index is 0.308. The fourth-order valence-electron chi connectivity index (χ4n) is 0.794. The number of ether oxygens (including phenoxy) is 1. The highest BCUT2D eigenvalue weighted by atomic mass is 79.9. The lowest BCUT2D eigenvalue weighted by molar-refractivity contribution is 0.0600. The molecule has 1 heterocycles. The average Bonchev–Trinajstić information content (AvgIpc) is 2.16. The zero-order chi connectivity index (χ0) is 9.84. The molecule has 70 valence electrons. The van der Waals surface area contributed by atoms with E-state index in [1.165, 1.54) is 13.3 Å². The van der Waals surface area contributed by atoms with Crippen LogP contribution in [0.1, 0.15) is 16.1 Å². The molecule has 0 aliphatic heterocycles. The molecule has 13 heavy (non-hydrogen) atoms. The van der Waals surface area contributed by atoms with Crippen LogP contribution in [0.5, 0.6) is 0 Å². The maximum absolute atomic E-state index is 11.0. The Labute approximate surface area is 89.2 Å². The van der Waals surface area contributed by atoms with E-state index in [2.05, 4.69) is 25.7 Å². The van der Waals surface area contributed by atoms with Crippen molar-refractivity contribution in [2.75, 3.05) is 7.11 Å². The molecule has 0 saturated heterocycles. The van der Waals surface area contributed by atoms with Gasteiger partial charge in [-0.15, -0.1) is 11.6 Å². The maximum atomic E-state index is 11.0. The Bertz CT molecular complexity index is 330. The number of esters is 1. The first kappa shape index (κ1) is 10.5. The molecule has 1 aromatic rings. The smallest absolute Gasteiger partial charge is 0.339 e. The van der Waals surface area contributed by atoms with E-state index < -0.39 is 5.97 Å². The average molecular weight is 265 g/mol. The van der Waals surface area contributed by atoms with Gasteiger partial charge in [0.1, 0.15) is 0 Å². The molecule has 0 fully saturated rings. The SMILES string of the molecule is COC(=O)c1cnc(CCl)c(Br)c1. The summed E-state index contributed by atoms with van der Waals surface area (Å²) in [6, 6.07) is 1.64. The Kier molecular flexibility index (Phi) is 3.69. The van der Waals surface area contributed by atoms with Crippen molar-refractivity contribution in [2.45, 2.75) is 5.88 Å². The molecular weight excluding hydrogens is 257 g/mol. The molecule has 0 aromatic carbocycles. The van der Waals surface area contributed by atoms with E-state index >= 15 is 0 Å². The van der Waals surface area contributed by atoms with E-state index in [-0.39, 0.29) is 0 Å². The summed E-state index contributed by atoms with van der Waals surface area (Å²) in [5, 5.41) is 0. The van der Waals surface area contributed by atoms with Gasteiger partial charge in [-0.3, -0.25) is 4.98 Å². The summed E-state index contributed by atoms with van der Waals surface area (Å²) in [5.74, 6) is -0.100. The van der Waals surface area contributed by atoms with Crippen LogP contribution in [0.2, 0.25) is 0 Å². The van der Waals surface area contributed by atoms with Crippen LogP contribution in [0.25, 0.3) is 0 Å². The first-order valence-corrected chi connectivity index (χ1v) is 4.80. The van der Waals surface area contributed by atoms with Crippen LogP contribution in [0, 0.1) is 0 Å². The van der Waals surface area contributed by atoms with E-state index in [0.29, 0.717) is 21.6 Å². The van der Waals surface area contributed by atoms with Crippen LogP contribution in [-0.2, 0) is 10.6 Å². The van der Waals surface area contributed by atoms with E-state index in [9.17, 15) is 4.79 Å². The summed E-state index contributed by atoms with van der Waals surface area (Å²) in [6.07, 6.45) is 1.44. The number of halogens is 2. The molecule has 0 aliphatic rings. The fraction of sp³-hybridized carbons (Fsp3) is 0.250. The number of aromatic nitrogens is 1. The van der Waals surface area contributed by atoms with Crippen molar-refractivity contribution in [1.29, 1.82) is 0 Å². The molecule has 0 spiro atoms. The highest BCUT2D eigenvalue weighted by molar-refractivity contribution is 9.10. The third-order valence-electron chi connectivity index (χ3n) is 1.47. The van der Waals surface area contributed by atoms with Gasteiger partial charge in [0, 0.05) is 10.7 Å². The summed E-state index contributed by atoms with van der Waals surface area (Å²) in [4.78, 5) is 15.0. The van der Waals surface area contributed by atoms with Gasteiger partial charge in [0.05, 0.1) is 24.2 Å². The Balaban J connectivity index is 3.02. The predicted octanol–water partition coefficient (Wildman–Crippen LogP) is 2.37. The molecule has 1 rings (SSSR count). The van der Waals surface area contributed by atoms with Crippen molar-refractivity contribution in [3.05, 3.63) is 28.0 Å². The molecule has 0 bridgehead atoms. The van der Waals surface area contributed by atoms with Gasteiger partial charge in [-0.1, -0.05) is 0 Å². The molecule has 0 unspecified atom stereocenters. The fourth-order valence-corrected chi connectivity index (χ4v) is 1.66. The number of carbonyl (C=O) groups excluding carboxylic acids is 1.